The minimum absolute atomic E-state index is 0.181. The largest absolute Gasteiger partial charge is 0.484 e. The van der Waals surface area contributed by atoms with Crippen LogP contribution in [0.25, 0.3) is 0 Å². The average Bonchev–Trinajstić information content (AvgIpc) is 2.42. The molecule has 0 spiro atoms. The van der Waals surface area contributed by atoms with Crippen LogP contribution in [0.5, 0.6) is 5.75 Å². The molecule has 1 aromatic rings. The molecule has 2 N–H and O–H groups in total. The van der Waals surface area contributed by atoms with E-state index < -0.39 is 17.9 Å². The third-order valence-electron chi connectivity index (χ3n) is 3.17. The highest BCUT2D eigenvalue weighted by Gasteiger charge is 2.19. The first-order valence-corrected chi connectivity index (χ1v) is 7.16. The Bertz CT molecular complexity index is 499. The molecule has 21 heavy (non-hydrogen) atoms. The zero-order chi connectivity index (χ0) is 15.8. The third-order valence-corrected chi connectivity index (χ3v) is 3.17. The van der Waals surface area contributed by atoms with E-state index in [4.69, 9.17) is 9.84 Å². The summed E-state index contributed by atoms with van der Waals surface area (Å²) in [7, 11) is 0. The molecule has 5 heteroatoms. The molecular weight excluding hydrogens is 270 g/mol. The number of carbonyl (C=O) groups is 2. The Balaban J connectivity index is 2.50. The topological polar surface area (TPSA) is 75.6 Å². The van der Waals surface area contributed by atoms with E-state index in [9.17, 15) is 9.59 Å². The second-order valence-corrected chi connectivity index (χ2v) is 5.16. The van der Waals surface area contributed by atoms with Gasteiger partial charge in [0, 0.05) is 0 Å². The lowest BCUT2D eigenvalue weighted by atomic mass is 10.1. The summed E-state index contributed by atoms with van der Waals surface area (Å²) in [5.41, 5.74) is 2.07. The van der Waals surface area contributed by atoms with Crippen LogP contribution in [0.15, 0.2) is 18.2 Å². The number of rotatable bonds is 8. The van der Waals surface area contributed by atoms with Crippen molar-refractivity contribution in [2.45, 2.75) is 46.1 Å². The SMILES string of the molecule is CCCC[C@H](NC(=O)COc1ccc(C)cc1C)C(=O)O. The van der Waals surface area contributed by atoms with Crippen molar-refractivity contribution in [1.29, 1.82) is 0 Å². The van der Waals surface area contributed by atoms with Gasteiger partial charge in [-0.1, -0.05) is 37.5 Å². The number of amides is 1. The predicted octanol–water partition coefficient (Wildman–Crippen LogP) is 2.44. The van der Waals surface area contributed by atoms with Gasteiger partial charge in [0.05, 0.1) is 0 Å². The van der Waals surface area contributed by atoms with Crippen molar-refractivity contribution in [1.82, 2.24) is 5.32 Å². The van der Waals surface area contributed by atoms with E-state index in [-0.39, 0.29) is 6.61 Å². The van der Waals surface area contributed by atoms with Gasteiger partial charge in [-0.25, -0.2) is 4.79 Å². The van der Waals surface area contributed by atoms with Gasteiger partial charge >= 0.3 is 5.97 Å². The molecule has 0 aliphatic heterocycles. The fourth-order valence-corrected chi connectivity index (χ4v) is 2.01. The van der Waals surface area contributed by atoms with Crippen molar-refractivity contribution in [3.63, 3.8) is 0 Å². The normalized spacial score (nSPS) is 11.8. The van der Waals surface area contributed by atoms with Crippen LogP contribution >= 0.6 is 0 Å². The van der Waals surface area contributed by atoms with Crippen LogP contribution in [-0.2, 0) is 9.59 Å². The number of ether oxygens (including phenoxy) is 1. The van der Waals surface area contributed by atoms with Crippen molar-refractivity contribution in [3.8, 4) is 5.75 Å². The number of unbranched alkanes of at least 4 members (excludes halogenated alkanes) is 1. The maximum absolute atomic E-state index is 11.8. The third kappa shape index (κ3) is 5.85. The molecule has 1 aromatic carbocycles. The number of hydrogen-bond donors (Lipinski definition) is 2. The van der Waals surface area contributed by atoms with Crippen LogP contribution in [0.1, 0.15) is 37.3 Å². The van der Waals surface area contributed by atoms with Gasteiger partial charge in [-0.05, 0) is 31.9 Å². The molecule has 1 atom stereocenters. The number of carbonyl (C=O) groups excluding carboxylic acids is 1. The van der Waals surface area contributed by atoms with Gasteiger partial charge < -0.3 is 15.2 Å². The zero-order valence-corrected chi connectivity index (χ0v) is 12.8. The van der Waals surface area contributed by atoms with Gasteiger partial charge in [0.15, 0.2) is 6.61 Å². The standard InChI is InChI=1S/C16H23NO4/c1-4-5-6-13(16(19)20)17-15(18)10-21-14-8-7-11(2)9-12(14)3/h7-9,13H,4-6,10H2,1-3H3,(H,17,18)(H,19,20)/t13-/m0/s1. The molecule has 1 amide bonds. The van der Waals surface area contributed by atoms with Gasteiger partial charge in [0.1, 0.15) is 11.8 Å². The molecule has 0 aliphatic rings. The maximum Gasteiger partial charge on any atom is 0.326 e. The van der Waals surface area contributed by atoms with Gasteiger partial charge in [-0.2, -0.15) is 0 Å². The average molecular weight is 293 g/mol. The van der Waals surface area contributed by atoms with Crippen LogP contribution in [0.2, 0.25) is 0 Å². The summed E-state index contributed by atoms with van der Waals surface area (Å²) >= 11 is 0. The minimum atomic E-state index is -1.01. The number of benzene rings is 1. The number of carboxylic acids is 1. The first kappa shape index (κ1) is 17.0. The number of nitrogens with one attached hydrogen (secondary N) is 1. The highest BCUT2D eigenvalue weighted by molar-refractivity contribution is 5.84. The van der Waals surface area contributed by atoms with E-state index in [0.717, 1.165) is 24.0 Å². The van der Waals surface area contributed by atoms with Crippen LogP contribution in [0, 0.1) is 13.8 Å². The van der Waals surface area contributed by atoms with E-state index in [0.29, 0.717) is 12.2 Å². The molecule has 5 nitrogen and oxygen atoms in total. The van der Waals surface area contributed by atoms with Gasteiger partial charge in [-0.3, -0.25) is 4.79 Å². The summed E-state index contributed by atoms with van der Waals surface area (Å²) in [4.78, 5) is 22.8. The van der Waals surface area contributed by atoms with Crippen molar-refractivity contribution in [2.24, 2.45) is 0 Å². The smallest absolute Gasteiger partial charge is 0.326 e. The number of aryl methyl sites for hydroxylation is 2. The van der Waals surface area contributed by atoms with Crippen LogP contribution in [0.4, 0.5) is 0 Å². The summed E-state index contributed by atoms with van der Waals surface area (Å²) in [6, 6.07) is 4.83. The summed E-state index contributed by atoms with van der Waals surface area (Å²) in [6.45, 7) is 5.68. The fraction of sp³-hybridized carbons (Fsp3) is 0.500. The first-order chi connectivity index (χ1) is 9.93. The summed E-state index contributed by atoms with van der Waals surface area (Å²) < 4.78 is 5.43. The van der Waals surface area contributed by atoms with Crippen molar-refractivity contribution < 1.29 is 19.4 Å². The Morgan fingerprint density at radius 2 is 2.05 bits per heavy atom. The summed E-state index contributed by atoms with van der Waals surface area (Å²) in [5, 5.41) is 11.5. The van der Waals surface area contributed by atoms with Crippen molar-refractivity contribution >= 4 is 11.9 Å². The second kappa shape index (κ2) is 8.29. The van der Waals surface area contributed by atoms with E-state index in [1.165, 1.54) is 0 Å². The Labute approximate surface area is 125 Å². The minimum Gasteiger partial charge on any atom is -0.484 e. The lowest BCUT2D eigenvalue weighted by molar-refractivity contribution is -0.142. The Hall–Kier alpha value is -2.04. The maximum atomic E-state index is 11.8. The molecule has 0 fully saturated rings. The molecule has 0 aromatic heterocycles. The lowest BCUT2D eigenvalue weighted by Crippen LogP contribution is -2.42. The van der Waals surface area contributed by atoms with Crippen LogP contribution < -0.4 is 10.1 Å². The van der Waals surface area contributed by atoms with Gasteiger partial charge in [0.2, 0.25) is 0 Å². The van der Waals surface area contributed by atoms with E-state index in [2.05, 4.69) is 5.32 Å². The predicted molar refractivity (Wildman–Crippen MR) is 80.5 cm³/mol. The lowest BCUT2D eigenvalue weighted by Gasteiger charge is -2.15. The highest BCUT2D eigenvalue weighted by Crippen LogP contribution is 2.18. The Morgan fingerprint density at radius 3 is 2.62 bits per heavy atom. The Kier molecular flexibility index (Phi) is 6.72. The number of aliphatic carboxylic acids is 1. The molecule has 0 unspecified atom stereocenters. The molecule has 0 radical (unpaired) electrons. The monoisotopic (exact) mass is 293 g/mol. The molecule has 0 aliphatic carbocycles. The molecule has 0 saturated heterocycles. The quantitative estimate of drug-likeness (QED) is 0.772. The zero-order valence-electron chi connectivity index (χ0n) is 12.8. The van der Waals surface area contributed by atoms with E-state index in [1.54, 1.807) is 0 Å². The Morgan fingerprint density at radius 1 is 1.33 bits per heavy atom. The first-order valence-electron chi connectivity index (χ1n) is 7.16. The van der Waals surface area contributed by atoms with E-state index in [1.807, 2.05) is 39.0 Å². The highest BCUT2D eigenvalue weighted by atomic mass is 16.5. The summed E-state index contributed by atoms with van der Waals surface area (Å²) in [5.74, 6) is -0.794. The molecular formula is C16H23NO4. The molecule has 0 bridgehead atoms. The summed E-state index contributed by atoms with van der Waals surface area (Å²) in [6.07, 6.45) is 2.08. The van der Waals surface area contributed by atoms with Crippen molar-refractivity contribution in [3.05, 3.63) is 29.3 Å². The molecule has 0 saturated carbocycles. The van der Waals surface area contributed by atoms with Gasteiger partial charge in [0.25, 0.3) is 5.91 Å². The fourth-order valence-electron chi connectivity index (χ4n) is 2.01. The molecule has 116 valence electrons. The van der Waals surface area contributed by atoms with E-state index >= 15 is 0 Å². The van der Waals surface area contributed by atoms with Gasteiger partial charge in [-0.15, -0.1) is 0 Å². The molecule has 0 heterocycles. The molecule has 1 rings (SSSR count). The van der Waals surface area contributed by atoms with Crippen LogP contribution in [0.3, 0.4) is 0 Å². The number of hydrogen-bond acceptors (Lipinski definition) is 3. The number of carboxylic acid groups (broad SMARTS) is 1. The second-order valence-electron chi connectivity index (χ2n) is 5.16. The van der Waals surface area contributed by atoms with Crippen LogP contribution in [-0.4, -0.2) is 29.6 Å². The van der Waals surface area contributed by atoms with Crippen molar-refractivity contribution in [2.75, 3.05) is 6.61 Å².